The molecule has 0 radical (unpaired) electrons. The minimum atomic E-state index is -0.208. The van der Waals surface area contributed by atoms with E-state index in [1.54, 1.807) is 7.11 Å². The van der Waals surface area contributed by atoms with Gasteiger partial charge in [0.15, 0.2) is 6.29 Å². The summed E-state index contributed by atoms with van der Waals surface area (Å²) in [6, 6.07) is 0. The van der Waals surface area contributed by atoms with E-state index < -0.39 is 0 Å². The van der Waals surface area contributed by atoms with E-state index in [-0.39, 0.29) is 24.6 Å². The lowest BCUT2D eigenvalue weighted by Gasteiger charge is -2.37. The van der Waals surface area contributed by atoms with Crippen molar-refractivity contribution in [1.82, 2.24) is 0 Å². The Hall–Kier alpha value is -0.640. The predicted octanol–water partition coefficient (Wildman–Crippen LogP) is 1.65. The van der Waals surface area contributed by atoms with Gasteiger partial charge in [0, 0.05) is 7.11 Å². The monoisotopic (exact) mass is 196 g/mol. The van der Waals surface area contributed by atoms with Crippen molar-refractivity contribution in [1.29, 1.82) is 0 Å². The van der Waals surface area contributed by atoms with Gasteiger partial charge in [-0.25, -0.2) is 0 Å². The highest BCUT2D eigenvalue weighted by molar-refractivity contribution is 5.04. The molecule has 0 aromatic carbocycles. The molecule has 1 unspecified atom stereocenters. The Morgan fingerprint density at radius 3 is 2.93 bits per heavy atom. The van der Waals surface area contributed by atoms with Crippen molar-refractivity contribution in [2.75, 3.05) is 7.11 Å². The van der Waals surface area contributed by atoms with E-state index in [0.717, 1.165) is 12.8 Å². The molecule has 0 spiro atoms. The molecule has 0 aromatic rings. The highest BCUT2D eigenvalue weighted by Gasteiger charge is 2.33. The first kappa shape index (κ1) is 9.90. The van der Waals surface area contributed by atoms with E-state index in [2.05, 4.69) is 6.58 Å². The molecule has 0 saturated carbocycles. The average molecular weight is 196 g/mol. The molecule has 0 aliphatic carbocycles. The molecule has 2 aliphatic rings. The predicted molar refractivity (Wildman–Crippen MR) is 52.9 cm³/mol. The van der Waals surface area contributed by atoms with Gasteiger partial charge in [0.2, 0.25) is 0 Å². The summed E-state index contributed by atoms with van der Waals surface area (Å²) in [7, 11) is 1.64. The second-order valence-electron chi connectivity index (χ2n) is 3.62. The number of ether oxygens (including phenoxy) is 3. The smallest absolute Gasteiger partial charge is 0.177 e. The van der Waals surface area contributed by atoms with Crippen molar-refractivity contribution in [2.45, 2.75) is 37.4 Å². The normalized spacial score (nSPS) is 41.8. The Balaban J connectivity index is 2.00. The molecule has 78 valence electrons. The Morgan fingerprint density at radius 2 is 2.21 bits per heavy atom. The summed E-state index contributed by atoms with van der Waals surface area (Å²) in [6.07, 6.45) is 7.93. The van der Waals surface area contributed by atoms with Crippen molar-refractivity contribution in [2.24, 2.45) is 0 Å². The first-order valence-corrected chi connectivity index (χ1v) is 4.98. The Bertz CT molecular complexity index is 237. The lowest BCUT2D eigenvalue weighted by Crippen LogP contribution is -2.43. The third kappa shape index (κ3) is 1.90. The van der Waals surface area contributed by atoms with Crippen LogP contribution in [0.3, 0.4) is 0 Å². The molecule has 1 fully saturated rings. The van der Waals surface area contributed by atoms with Crippen LogP contribution in [0.15, 0.2) is 24.8 Å². The Kier molecular flexibility index (Phi) is 3.01. The number of hydrogen-bond donors (Lipinski definition) is 0. The average Bonchev–Trinajstić information content (AvgIpc) is 2.27. The summed E-state index contributed by atoms with van der Waals surface area (Å²) in [5.41, 5.74) is 0. The molecule has 0 aromatic heterocycles. The molecule has 2 aliphatic heterocycles. The van der Waals surface area contributed by atoms with Gasteiger partial charge in [-0.05, 0) is 18.9 Å². The Morgan fingerprint density at radius 1 is 1.36 bits per heavy atom. The maximum absolute atomic E-state index is 5.75. The molecule has 0 N–H and O–H groups in total. The highest BCUT2D eigenvalue weighted by atomic mass is 16.7. The van der Waals surface area contributed by atoms with Crippen LogP contribution >= 0.6 is 0 Å². The lowest BCUT2D eigenvalue weighted by atomic mass is 9.99. The zero-order chi connectivity index (χ0) is 9.97. The highest BCUT2D eigenvalue weighted by Crippen LogP contribution is 2.27. The van der Waals surface area contributed by atoms with Gasteiger partial charge in [-0.15, -0.1) is 6.58 Å². The number of rotatable bonds is 2. The summed E-state index contributed by atoms with van der Waals surface area (Å²) < 4.78 is 16.5. The molecular formula is C11H16O3. The van der Waals surface area contributed by atoms with Crippen molar-refractivity contribution in [3.8, 4) is 0 Å². The van der Waals surface area contributed by atoms with E-state index in [1.807, 2.05) is 18.2 Å². The molecule has 1 saturated heterocycles. The van der Waals surface area contributed by atoms with Gasteiger partial charge in [-0.2, -0.15) is 0 Å². The van der Waals surface area contributed by atoms with Gasteiger partial charge in [-0.1, -0.05) is 12.2 Å². The summed E-state index contributed by atoms with van der Waals surface area (Å²) in [4.78, 5) is 0. The van der Waals surface area contributed by atoms with Crippen LogP contribution in [0, 0.1) is 0 Å². The number of fused-ring (bicyclic) bond motifs is 1. The van der Waals surface area contributed by atoms with Crippen LogP contribution in [0.2, 0.25) is 0 Å². The van der Waals surface area contributed by atoms with E-state index in [9.17, 15) is 0 Å². The van der Waals surface area contributed by atoms with Crippen LogP contribution in [0.4, 0.5) is 0 Å². The molecule has 4 atom stereocenters. The standard InChI is InChI=1S/C11H16O3/c1-3-8-4-5-10-9(13-8)6-7-11(12-2)14-10/h3,6-11H,1,4-5H2,2H3/t8-,9+,10-,11?/m0/s1. The van der Waals surface area contributed by atoms with Crippen LogP contribution < -0.4 is 0 Å². The topological polar surface area (TPSA) is 27.7 Å². The van der Waals surface area contributed by atoms with Crippen LogP contribution in [-0.4, -0.2) is 31.7 Å². The van der Waals surface area contributed by atoms with E-state index in [4.69, 9.17) is 14.2 Å². The molecule has 0 amide bonds. The summed E-state index contributed by atoms with van der Waals surface area (Å²) >= 11 is 0. The van der Waals surface area contributed by atoms with Gasteiger partial charge in [0.05, 0.1) is 12.2 Å². The van der Waals surface area contributed by atoms with E-state index in [1.165, 1.54) is 0 Å². The second kappa shape index (κ2) is 4.26. The number of methoxy groups -OCH3 is 1. The third-order valence-corrected chi connectivity index (χ3v) is 2.70. The van der Waals surface area contributed by atoms with Crippen LogP contribution in [0.5, 0.6) is 0 Å². The summed E-state index contributed by atoms with van der Waals surface area (Å²) in [5, 5.41) is 0. The molecule has 3 heteroatoms. The van der Waals surface area contributed by atoms with Crippen LogP contribution in [-0.2, 0) is 14.2 Å². The van der Waals surface area contributed by atoms with Gasteiger partial charge in [0.1, 0.15) is 6.10 Å². The Labute approximate surface area is 84.3 Å². The minimum Gasteiger partial charge on any atom is -0.364 e. The second-order valence-corrected chi connectivity index (χ2v) is 3.62. The van der Waals surface area contributed by atoms with Crippen LogP contribution in [0.25, 0.3) is 0 Å². The van der Waals surface area contributed by atoms with E-state index >= 15 is 0 Å². The van der Waals surface area contributed by atoms with Crippen molar-refractivity contribution in [3.63, 3.8) is 0 Å². The van der Waals surface area contributed by atoms with Crippen molar-refractivity contribution >= 4 is 0 Å². The quantitative estimate of drug-likeness (QED) is 0.628. The first-order chi connectivity index (χ1) is 6.83. The lowest BCUT2D eigenvalue weighted by molar-refractivity contribution is -0.190. The van der Waals surface area contributed by atoms with Gasteiger partial charge in [-0.3, -0.25) is 0 Å². The zero-order valence-corrected chi connectivity index (χ0v) is 8.39. The molecule has 14 heavy (non-hydrogen) atoms. The van der Waals surface area contributed by atoms with E-state index in [0.29, 0.717) is 0 Å². The summed E-state index contributed by atoms with van der Waals surface area (Å²) in [6.45, 7) is 3.74. The van der Waals surface area contributed by atoms with Crippen molar-refractivity contribution in [3.05, 3.63) is 24.8 Å². The van der Waals surface area contributed by atoms with Gasteiger partial charge in [0.25, 0.3) is 0 Å². The van der Waals surface area contributed by atoms with Gasteiger partial charge >= 0.3 is 0 Å². The third-order valence-electron chi connectivity index (χ3n) is 2.70. The molecule has 3 nitrogen and oxygen atoms in total. The fourth-order valence-corrected chi connectivity index (χ4v) is 1.89. The molecule has 2 rings (SSSR count). The molecule has 0 bridgehead atoms. The maximum atomic E-state index is 5.75. The van der Waals surface area contributed by atoms with Gasteiger partial charge < -0.3 is 14.2 Å². The summed E-state index contributed by atoms with van der Waals surface area (Å²) in [5.74, 6) is 0. The molecule has 2 heterocycles. The first-order valence-electron chi connectivity index (χ1n) is 4.98. The zero-order valence-electron chi connectivity index (χ0n) is 8.39. The molecular weight excluding hydrogens is 180 g/mol. The van der Waals surface area contributed by atoms with Crippen LogP contribution in [0.1, 0.15) is 12.8 Å². The maximum Gasteiger partial charge on any atom is 0.177 e. The number of hydrogen-bond acceptors (Lipinski definition) is 3. The van der Waals surface area contributed by atoms with Crippen molar-refractivity contribution < 1.29 is 14.2 Å². The largest absolute Gasteiger partial charge is 0.364 e. The fourth-order valence-electron chi connectivity index (χ4n) is 1.89. The minimum absolute atomic E-state index is 0.0677. The SMILES string of the molecule is C=C[C@H]1CC[C@@H]2OC(OC)C=C[C@H]2O1. The fraction of sp³-hybridized carbons (Fsp3) is 0.636.